The summed E-state index contributed by atoms with van der Waals surface area (Å²) in [4.78, 5) is 14.7. The fraction of sp³-hybridized carbons (Fsp3) is 0.235. The maximum absolute atomic E-state index is 12.7. The molecule has 0 spiro atoms. The molecule has 2 heterocycles. The number of carbonyl (C=O) groups is 1. The summed E-state index contributed by atoms with van der Waals surface area (Å²) in [7, 11) is -1.83. The topological polar surface area (TPSA) is 59.4 Å². The van der Waals surface area contributed by atoms with E-state index in [0.717, 1.165) is 29.1 Å². The van der Waals surface area contributed by atoms with Gasteiger partial charge in [0.25, 0.3) is 10.0 Å². The number of hydrogen-bond donors (Lipinski definition) is 0. The van der Waals surface area contributed by atoms with E-state index in [4.69, 9.17) is 0 Å². The molecule has 1 aromatic carbocycles. The van der Waals surface area contributed by atoms with Gasteiger partial charge in [-0.2, -0.15) is 0 Å². The van der Waals surface area contributed by atoms with Crippen LogP contribution in [0.5, 0.6) is 0 Å². The maximum atomic E-state index is 12.7. The zero-order valence-electron chi connectivity index (χ0n) is 12.8. The quantitative estimate of drug-likeness (QED) is 0.638. The van der Waals surface area contributed by atoms with Gasteiger partial charge in [0.2, 0.25) is 5.78 Å². The Kier molecular flexibility index (Phi) is 4.09. The Morgan fingerprint density at radius 2 is 1.87 bits per heavy atom. The number of likely N-dealkylation sites (tertiary alicyclic amines) is 1. The van der Waals surface area contributed by atoms with Crippen molar-refractivity contribution in [1.29, 1.82) is 0 Å². The van der Waals surface area contributed by atoms with Crippen molar-refractivity contribution >= 4 is 15.8 Å². The van der Waals surface area contributed by atoms with Gasteiger partial charge in [-0.15, -0.1) is 0 Å². The lowest BCUT2D eigenvalue weighted by atomic mass is 10.2. The van der Waals surface area contributed by atoms with E-state index in [2.05, 4.69) is 0 Å². The molecule has 6 heteroatoms. The molecule has 3 rings (SSSR count). The van der Waals surface area contributed by atoms with E-state index in [-0.39, 0.29) is 16.4 Å². The van der Waals surface area contributed by atoms with Crippen molar-refractivity contribution in [2.45, 2.75) is 17.7 Å². The maximum Gasteiger partial charge on any atom is 0.268 e. The van der Waals surface area contributed by atoms with E-state index in [1.807, 2.05) is 11.9 Å². The van der Waals surface area contributed by atoms with Crippen LogP contribution in [0.1, 0.15) is 23.3 Å². The number of allylic oxidation sites excluding steroid dienone is 2. The molecule has 0 N–H and O–H groups in total. The Morgan fingerprint density at radius 1 is 1.13 bits per heavy atom. The first-order chi connectivity index (χ1) is 11.0. The lowest BCUT2D eigenvalue weighted by Crippen LogP contribution is -2.18. The highest BCUT2D eigenvalue weighted by Gasteiger charge is 2.22. The summed E-state index contributed by atoms with van der Waals surface area (Å²) < 4.78 is 26.5. The Bertz CT molecular complexity index is 851. The molecule has 1 aliphatic rings. The summed E-state index contributed by atoms with van der Waals surface area (Å²) in [5, 5.41) is 0. The highest BCUT2D eigenvalue weighted by Crippen LogP contribution is 2.21. The van der Waals surface area contributed by atoms with Crippen LogP contribution >= 0.6 is 0 Å². The summed E-state index contributed by atoms with van der Waals surface area (Å²) in [5.74, 6) is -0.293. The Hall–Kier alpha value is -2.34. The number of hydrogen-bond acceptors (Lipinski definition) is 4. The average molecular weight is 330 g/mol. The first kappa shape index (κ1) is 15.6. The molecular formula is C17H18N2O3S. The zero-order chi connectivity index (χ0) is 16.4. The number of nitrogens with zero attached hydrogens (tertiary/aromatic N) is 2. The van der Waals surface area contributed by atoms with Crippen molar-refractivity contribution in [2.75, 3.05) is 13.6 Å². The zero-order valence-corrected chi connectivity index (χ0v) is 13.7. The van der Waals surface area contributed by atoms with Crippen molar-refractivity contribution in [3.05, 3.63) is 66.1 Å². The highest BCUT2D eigenvalue weighted by atomic mass is 32.2. The van der Waals surface area contributed by atoms with Crippen molar-refractivity contribution in [3.8, 4) is 0 Å². The van der Waals surface area contributed by atoms with E-state index in [1.54, 1.807) is 30.3 Å². The molecule has 2 aromatic rings. The van der Waals surface area contributed by atoms with E-state index < -0.39 is 10.0 Å². The molecule has 0 bridgehead atoms. The van der Waals surface area contributed by atoms with E-state index in [1.165, 1.54) is 24.4 Å². The highest BCUT2D eigenvalue weighted by molar-refractivity contribution is 7.90. The van der Waals surface area contributed by atoms with Crippen LogP contribution in [-0.4, -0.2) is 36.7 Å². The van der Waals surface area contributed by atoms with Crippen LogP contribution in [0.4, 0.5) is 0 Å². The van der Waals surface area contributed by atoms with Crippen LogP contribution < -0.4 is 0 Å². The minimum Gasteiger partial charge on any atom is -0.378 e. The van der Waals surface area contributed by atoms with Crippen molar-refractivity contribution in [3.63, 3.8) is 0 Å². The normalized spacial score (nSPS) is 16.9. The van der Waals surface area contributed by atoms with Crippen LogP contribution in [0, 0.1) is 0 Å². The molecule has 0 saturated carbocycles. The molecule has 23 heavy (non-hydrogen) atoms. The largest absolute Gasteiger partial charge is 0.378 e. The van der Waals surface area contributed by atoms with Gasteiger partial charge in [0, 0.05) is 31.6 Å². The molecule has 5 nitrogen and oxygen atoms in total. The molecule has 0 unspecified atom stereocenters. The molecule has 0 amide bonds. The van der Waals surface area contributed by atoms with Crippen LogP contribution in [0.3, 0.4) is 0 Å². The monoisotopic (exact) mass is 330 g/mol. The van der Waals surface area contributed by atoms with Crippen LogP contribution in [-0.2, 0) is 10.0 Å². The van der Waals surface area contributed by atoms with Crippen LogP contribution in [0.2, 0.25) is 0 Å². The Morgan fingerprint density at radius 3 is 2.52 bits per heavy atom. The van der Waals surface area contributed by atoms with E-state index in [9.17, 15) is 13.2 Å². The fourth-order valence-electron chi connectivity index (χ4n) is 2.71. The minimum absolute atomic E-state index is 0.154. The predicted octanol–water partition coefficient (Wildman–Crippen LogP) is 2.52. The molecule has 0 atom stereocenters. The molecule has 1 saturated heterocycles. The first-order valence-electron chi connectivity index (χ1n) is 7.44. The van der Waals surface area contributed by atoms with Gasteiger partial charge in [0.05, 0.1) is 4.90 Å². The van der Waals surface area contributed by atoms with Crippen LogP contribution in [0.25, 0.3) is 0 Å². The third-order valence-corrected chi connectivity index (χ3v) is 5.68. The predicted molar refractivity (Wildman–Crippen MR) is 87.7 cm³/mol. The molecule has 1 fully saturated rings. The number of carbonyl (C=O) groups excluding carboxylic acids is 1. The van der Waals surface area contributed by atoms with Crippen molar-refractivity contribution < 1.29 is 13.2 Å². The van der Waals surface area contributed by atoms with Gasteiger partial charge in [-0.05, 0) is 37.1 Å². The molecular weight excluding hydrogens is 312 g/mol. The molecule has 120 valence electrons. The number of ketones is 1. The van der Waals surface area contributed by atoms with Gasteiger partial charge in [0.15, 0.2) is 0 Å². The minimum atomic E-state index is -3.77. The number of benzene rings is 1. The van der Waals surface area contributed by atoms with E-state index >= 15 is 0 Å². The van der Waals surface area contributed by atoms with Crippen molar-refractivity contribution in [2.24, 2.45) is 0 Å². The van der Waals surface area contributed by atoms with Gasteiger partial charge in [0.1, 0.15) is 5.69 Å². The Labute approximate surface area is 135 Å². The third kappa shape index (κ3) is 2.94. The molecule has 0 radical (unpaired) electrons. The second-order valence-electron chi connectivity index (χ2n) is 5.53. The fourth-order valence-corrected chi connectivity index (χ4v) is 4.08. The molecule has 1 aliphatic heterocycles. The molecule has 0 aliphatic carbocycles. The smallest absolute Gasteiger partial charge is 0.268 e. The lowest BCUT2D eigenvalue weighted by Gasteiger charge is -2.13. The summed E-state index contributed by atoms with van der Waals surface area (Å²) in [6.45, 7) is 0.919. The van der Waals surface area contributed by atoms with Crippen molar-refractivity contribution in [1.82, 2.24) is 8.87 Å². The van der Waals surface area contributed by atoms with Gasteiger partial charge >= 0.3 is 0 Å². The average Bonchev–Trinajstić information content (AvgIpc) is 3.18. The summed E-state index contributed by atoms with van der Waals surface area (Å²) >= 11 is 0. The van der Waals surface area contributed by atoms with Gasteiger partial charge in [-0.1, -0.05) is 18.2 Å². The number of rotatable bonds is 4. The summed E-state index contributed by atoms with van der Waals surface area (Å²) in [6.07, 6.45) is 4.80. The SMILES string of the molecule is CN1CCC/C1=C/C(=O)c1cccn1S(=O)(=O)c1ccccc1. The third-order valence-electron chi connectivity index (χ3n) is 3.98. The van der Waals surface area contributed by atoms with Crippen LogP contribution in [0.15, 0.2) is 65.3 Å². The van der Waals surface area contributed by atoms with E-state index in [0.29, 0.717) is 0 Å². The first-order valence-corrected chi connectivity index (χ1v) is 8.88. The Balaban J connectivity index is 1.99. The summed E-state index contributed by atoms with van der Waals surface area (Å²) in [5.41, 5.74) is 1.10. The summed E-state index contributed by atoms with van der Waals surface area (Å²) in [6, 6.07) is 11.2. The van der Waals surface area contributed by atoms with Gasteiger partial charge < -0.3 is 4.90 Å². The second kappa shape index (κ2) is 6.04. The van der Waals surface area contributed by atoms with Gasteiger partial charge in [-0.25, -0.2) is 12.4 Å². The standard InChI is InChI=1S/C17H18N2O3S/c1-18-11-5-7-14(18)13-17(20)16-10-6-12-19(16)23(21,22)15-8-3-2-4-9-15/h2-4,6,8-10,12-13H,5,7,11H2,1H3/b14-13-. The number of aromatic nitrogens is 1. The lowest BCUT2D eigenvalue weighted by molar-refractivity contribution is 0.103. The van der Waals surface area contributed by atoms with Gasteiger partial charge in [-0.3, -0.25) is 4.79 Å². The second-order valence-corrected chi connectivity index (χ2v) is 7.35. The molecule has 1 aromatic heterocycles.